The molecule has 0 saturated carbocycles. The number of aliphatic hydroxyl groups excluding tert-OH is 1. The third-order valence-electron chi connectivity index (χ3n) is 7.75. The van der Waals surface area contributed by atoms with Gasteiger partial charge in [-0.3, -0.25) is 0 Å². The third-order valence-corrected chi connectivity index (χ3v) is 7.75. The molecule has 0 fully saturated rings. The number of ether oxygens (including phenoxy) is 4. The Morgan fingerprint density at radius 3 is 2.08 bits per heavy atom. The highest BCUT2D eigenvalue weighted by atomic mass is 16.9. The second-order valence-corrected chi connectivity index (χ2v) is 10.6. The van der Waals surface area contributed by atoms with Crippen LogP contribution in [-0.2, 0) is 9.47 Å². The van der Waals surface area contributed by atoms with Crippen molar-refractivity contribution in [3.8, 4) is 11.5 Å². The van der Waals surface area contributed by atoms with E-state index in [1.807, 2.05) is 48.5 Å². The molecule has 216 valence electrons. The van der Waals surface area contributed by atoms with Crippen LogP contribution in [0.2, 0.25) is 0 Å². The van der Waals surface area contributed by atoms with Crippen LogP contribution in [0.4, 0.5) is 0 Å². The number of para-hydroxylation sites is 1. The first kappa shape index (κ1) is 30.1. The Morgan fingerprint density at radius 2 is 1.45 bits per heavy atom. The molecule has 4 rings (SSSR count). The molecule has 1 unspecified atom stereocenters. The Bertz CT molecular complexity index is 1140. The monoisotopic (exact) mass is 547 g/mol. The van der Waals surface area contributed by atoms with Crippen LogP contribution in [0.25, 0.3) is 0 Å². The lowest BCUT2D eigenvalue weighted by molar-refractivity contribution is -0.341. The summed E-state index contributed by atoms with van der Waals surface area (Å²) >= 11 is 0. The second-order valence-electron chi connectivity index (χ2n) is 10.6. The molecular formula is C34H45NO5. The number of fused-ring (bicyclic) bond motifs is 1. The molecule has 6 heteroatoms. The second kappa shape index (κ2) is 14.6. The predicted molar refractivity (Wildman–Crippen MR) is 159 cm³/mol. The van der Waals surface area contributed by atoms with Crippen molar-refractivity contribution in [3.63, 3.8) is 0 Å². The Kier molecular flexibility index (Phi) is 11.0. The molecule has 0 saturated heterocycles. The average Bonchev–Trinajstić information content (AvgIpc) is 3.01. The van der Waals surface area contributed by atoms with Crippen molar-refractivity contribution < 1.29 is 24.1 Å². The minimum atomic E-state index is -1.29. The molecule has 0 aliphatic carbocycles. The van der Waals surface area contributed by atoms with Gasteiger partial charge in [0, 0.05) is 32.2 Å². The van der Waals surface area contributed by atoms with Gasteiger partial charge < -0.3 is 29.0 Å². The van der Waals surface area contributed by atoms with E-state index in [-0.39, 0.29) is 18.4 Å². The number of unbranched alkanes of at least 4 members (excludes halogenated alkanes) is 2. The van der Waals surface area contributed by atoms with Gasteiger partial charge in [0.05, 0.1) is 5.92 Å². The maximum atomic E-state index is 10.7. The van der Waals surface area contributed by atoms with Gasteiger partial charge in [-0.1, -0.05) is 87.4 Å². The average molecular weight is 548 g/mol. The van der Waals surface area contributed by atoms with Crippen molar-refractivity contribution in [2.75, 3.05) is 40.5 Å². The molecule has 1 aliphatic heterocycles. The molecule has 0 radical (unpaired) electrons. The maximum Gasteiger partial charge on any atom is 0.334 e. The van der Waals surface area contributed by atoms with E-state index in [1.165, 1.54) is 0 Å². The van der Waals surface area contributed by atoms with Crippen LogP contribution in [-0.4, -0.2) is 62.5 Å². The number of benzene rings is 3. The SMILES string of the molecule is CCCCN(CCCC)CC(O)COc1ccc([C@@H]2c3ccccc3OC(OC)(OC)[C@H]2c2ccccc2)cc1. The van der Waals surface area contributed by atoms with Gasteiger partial charge in [-0.05, 0) is 55.3 Å². The third kappa shape index (κ3) is 7.05. The first-order valence-electron chi connectivity index (χ1n) is 14.6. The largest absolute Gasteiger partial charge is 0.491 e. The molecule has 1 aliphatic rings. The predicted octanol–water partition coefficient (Wildman–Crippen LogP) is 6.58. The van der Waals surface area contributed by atoms with Crippen LogP contribution in [0.5, 0.6) is 11.5 Å². The van der Waals surface area contributed by atoms with Crippen LogP contribution in [0.15, 0.2) is 78.9 Å². The van der Waals surface area contributed by atoms with E-state index in [0.29, 0.717) is 6.54 Å². The van der Waals surface area contributed by atoms with Gasteiger partial charge in [0.15, 0.2) is 0 Å². The fourth-order valence-corrected chi connectivity index (χ4v) is 5.65. The highest BCUT2D eigenvalue weighted by Crippen LogP contribution is 2.53. The van der Waals surface area contributed by atoms with Crippen LogP contribution in [0, 0.1) is 0 Å². The summed E-state index contributed by atoms with van der Waals surface area (Å²) in [6.07, 6.45) is 4.05. The van der Waals surface area contributed by atoms with Gasteiger partial charge in [-0.2, -0.15) is 0 Å². The highest BCUT2D eigenvalue weighted by Gasteiger charge is 2.52. The smallest absolute Gasteiger partial charge is 0.334 e. The van der Waals surface area contributed by atoms with Gasteiger partial charge in [0.1, 0.15) is 24.2 Å². The van der Waals surface area contributed by atoms with E-state index in [9.17, 15) is 5.11 Å². The standard InChI is InChI=1S/C34H45NO5/c1-5-7-22-35(23-8-6-2)24-28(36)25-39-29-20-18-26(19-21-29)32-30-16-12-13-17-31(30)40-34(37-3,38-4)33(32)27-14-10-9-11-15-27/h9-21,28,32-33,36H,5-8,22-25H2,1-4H3/t28?,32-,33+/m1/s1. The van der Waals surface area contributed by atoms with Crippen molar-refractivity contribution in [1.82, 2.24) is 4.90 Å². The molecule has 0 spiro atoms. The fraction of sp³-hybridized carbons (Fsp3) is 0.471. The Hall–Kier alpha value is -2.90. The van der Waals surface area contributed by atoms with E-state index < -0.39 is 12.1 Å². The summed E-state index contributed by atoms with van der Waals surface area (Å²) in [6, 6.07) is 26.4. The van der Waals surface area contributed by atoms with Crippen molar-refractivity contribution in [2.45, 2.75) is 63.4 Å². The quantitative estimate of drug-likeness (QED) is 0.217. The summed E-state index contributed by atoms with van der Waals surface area (Å²) in [7, 11) is 3.25. The number of methoxy groups -OCH3 is 2. The number of rotatable bonds is 15. The zero-order valence-electron chi connectivity index (χ0n) is 24.4. The van der Waals surface area contributed by atoms with Crippen molar-refractivity contribution in [3.05, 3.63) is 95.6 Å². The Balaban J connectivity index is 1.55. The zero-order chi connectivity index (χ0) is 28.4. The molecule has 3 aromatic carbocycles. The van der Waals surface area contributed by atoms with E-state index in [1.54, 1.807) is 14.2 Å². The molecular weight excluding hydrogens is 502 g/mol. The van der Waals surface area contributed by atoms with E-state index in [2.05, 4.69) is 49.1 Å². The molecule has 40 heavy (non-hydrogen) atoms. The highest BCUT2D eigenvalue weighted by molar-refractivity contribution is 5.49. The lowest BCUT2D eigenvalue weighted by Crippen LogP contribution is -2.51. The fourth-order valence-electron chi connectivity index (χ4n) is 5.65. The molecule has 0 bridgehead atoms. The van der Waals surface area contributed by atoms with Gasteiger partial charge in [-0.15, -0.1) is 0 Å². The molecule has 0 amide bonds. The molecule has 0 aromatic heterocycles. The minimum Gasteiger partial charge on any atom is -0.491 e. The normalized spacial score (nSPS) is 18.6. The molecule has 1 N–H and O–H groups in total. The van der Waals surface area contributed by atoms with Gasteiger partial charge in [0.25, 0.3) is 0 Å². The number of nitrogens with zero attached hydrogens (tertiary/aromatic N) is 1. The van der Waals surface area contributed by atoms with Gasteiger partial charge in [-0.25, -0.2) is 0 Å². The lowest BCUT2D eigenvalue weighted by atomic mass is 9.73. The lowest BCUT2D eigenvalue weighted by Gasteiger charge is -2.46. The topological polar surface area (TPSA) is 60.4 Å². The summed E-state index contributed by atoms with van der Waals surface area (Å²) < 4.78 is 24.4. The molecule has 3 aromatic rings. The molecule has 6 nitrogen and oxygen atoms in total. The number of hydrogen-bond acceptors (Lipinski definition) is 6. The van der Waals surface area contributed by atoms with Gasteiger partial charge >= 0.3 is 5.97 Å². The first-order valence-corrected chi connectivity index (χ1v) is 14.6. The number of hydrogen-bond donors (Lipinski definition) is 1. The summed E-state index contributed by atoms with van der Waals surface area (Å²) in [5, 5.41) is 10.7. The Labute approximate surface area is 239 Å². The van der Waals surface area contributed by atoms with Crippen molar-refractivity contribution in [2.24, 2.45) is 0 Å². The Morgan fingerprint density at radius 1 is 0.825 bits per heavy atom. The van der Waals surface area contributed by atoms with Crippen LogP contribution in [0.1, 0.15) is 68.1 Å². The summed E-state index contributed by atoms with van der Waals surface area (Å²) in [6.45, 7) is 7.33. The summed E-state index contributed by atoms with van der Waals surface area (Å²) in [5.41, 5.74) is 3.23. The van der Waals surface area contributed by atoms with Crippen LogP contribution in [0.3, 0.4) is 0 Å². The van der Waals surface area contributed by atoms with Gasteiger partial charge in [0.2, 0.25) is 0 Å². The van der Waals surface area contributed by atoms with Crippen molar-refractivity contribution in [1.29, 1.82) is 0 Å². The maximum absolute atomic E-state index is 10.7. The summed E-state index contributed by atoms with van der Waals surface area (Å²) in [5.74, 6) is -0.163. The molecule has 3 atom stereocenters. The van der Waals surface area contributed by atoms with E-state index >= 15 is 0 Å². The van der Waals surface area contributed by atoms with E-state index in [0.717, 1.165) is 67.0 Å². The summed E-state index contributed by atoms with van der Waals surface area (Å²) in [4.78, 5) is 2.36. The minimum absolute atomic E-state index is 0.0856. The molecule has 1 heterocycles. The zero-order valence-corrected chi connectivity index (χ0v) is 24.4. The first-order chi connectivity index (χ1) is 19.5. The van der Waals surface area contributed by atoms with E-state index in [4.69, 9.17) is 18.9 Å². The van der Waals surface area contributed by atoms with Crippen molar-refractivity contribution >= 4 is 0 Å². The van der Waals surface area contributed by atoms with Crippen LogP contribution >= 0.6 is 0 Å². The number of aliphatic hydroxyl groups is 1. The van der Waals surface area contributed by atoms with Crippen LogP contribution < -0.4 is 9.47 Å².